The molecule has 0 fully saturated rings. The molecule has 0 saturated heterocycles. The molecule has 7 heteroatoms. The highest BCUT2D eigenvalue weighted by molar-refractivity contribution is 14.1. The predicted molar refractivity (Wildman–Crippen MR) is 131 cm³/mol. The number of nitro groups is 1. The van der Waals surface area contributed by atoms with Gasteiger partial charge in [0.1, 0.15) is 6.61 Å². The molecule has 3 aromatic rings. The predicted octanol–water partition coefficient (Wildman–Crippen LogP) is 6.41. The molecular weight excluding hydrogens is 507 g/mol. The van der Waals surface area contributed by atoms with Gasteiger partial charge in [-0.15, -0.1) is 0 Å². The van der Waals surface area contributed by atoms with Crippen LogP contribution in [0.25, 0.3) is 0 Å². The van der Waals surface area contributed by atoms with Crippen LogP contribution in [0.3, 0.4) is 0 Å². The zero-order valence-corrected chi connectivity index (χ0v) is 19.9. The number of nitro benzene ring substituents is 1. The van der Waals surface area contributed by atoms with Gasteiger partial charge < -0.3 is 14.8 Å². The van der Waals surface area contributed by atoms with Gasteiger partial charge in [0, 0.05) is 24.4 Å². The molecular formula is C24H25IN2O4. The number of ether oxygens (including phenoxy) is 2. The van der Waals surface area contributed by atoms with E-state index in [0.717, 1.165) is 20.4 Å². The lowest BCUT2D eigenvalue weighted by Crippen LogP contribution is -2.05. The Labute approximate surface area is 195 Å². The van der Waals surface area contributed by atoms with Crippen molar-refractivity contribution in [1.82, 2.24) is 0 Å². The van der Waals surface area contributed by atoms with E-state index in [9.17, 15) is 10.1 Å². The molecule has 0 radical (unpaired) electrons. The Bertz CT molecular complexity index is 1070. The monoisotopic (exact) mass is 532 g/mol. The lowest BCUT2D eigenvalue weighted by atomic mass is 10.1. The van der Waals surface area contributed by atoms with E-state index in [1.807, 2.05) is 13.0 Å². The summed E-state index contributed by atoms with van der Waals surface area (Å²) in [6.45, 7) is 7.60. The zero-order chi connectivity index (χ0) is 22.4. The molecule has 0 bridgehead atoms. The van der Waals surface area contributed by atoms with Crippen LogP contribution in [0.5, 0.6) is 11.5 Å². The van der Waals surface area contributed by atoms with Gasteiger partial charge in [0.05, 0.1) is 15.1 Å². The average Bonchev–Trinajstić information content (AvgIpc) is 2.74. The molecule has 0 saturated carbocycles. The first-order valence-electron chi connectivity index (χ1n) is 10.00. The van der Waals surface area contributed by atoms with Crippen molar-refractivity contribution in [3.63, 3.8) is 0 Å². The van der Waals surface area contributed by atoms with Gasteiger partial charge in [0.2, 0.25) is 0 Å². The Hall–Kier alpha value is -2.81. The van der Waals surface area contributed by atoms with Crippen molar-refractivity contribution in [1.29, 1.82) is 0 Å². The highest BCUT2D eigenvalue weighted by Gasteiger charge is 2.13. The third kappa shape index (κ3) is 6.10. The van der Waals surface area contributed by atoms with Gasteiger partial charge in [-0.05, 0) is 95.9 Å². The summed E-state index contributed by atoms with van der Waals surface area (Å²) < 4.78 is 12.8. The second-order valence-corrected chi connectivity index (χ2v) is 8.38. The number of hydrogen-bond acceptors (Lipinski definition) is 5. The first kappa shape index (κ1) is 22.9. The van der Waals surface area contributed by atoms with Crippen LogP contribution in [0.1, 0.15) is 29.2 Å². The van der Waals surface area contributed by atoms with Gasteiger partial charge in [-0.25, -0.2) is 0 Å². The number of hydrogen-bond donors (Lipinski definition) is 1. The standard InChI is InChI=1S/C24H25IN2O4/c1-4-30-23-13-19(14-26-22-11-16(2)5-6-17(22)3)12-21(25)24(23)31-15-18-7-9-20(10-8-18)27(28)29/h5-13,26H,4,14-15H2,1-3H3. The van der Waals surface area contributed by atoms with Crippen molar-refractivity contribution < 1.29 is 14.4 Å². The fourth-order valence-corrected chi connectivity index (χ4v) is 3.94. The molecule has 31 heavy (non-hydrogen) atoms. The van der Waals surface area contributed by atoms with Crippen molar-refractivity contribution in [2.24, 2.45) is 0 Å². The molecule has 0 aliphatic rings. The quantitative estimate of drug-likeness (QED) is 0.196. The highest BCUT2D eigenvalue weighted by atomic mass is 127. The lowest BCUT2D eigenvalue weighted by molar-refractivity contribution is -0.384. The molecule has 0 aliphatic heterocycles. The summed E-state index contributed by atoms with van der Waals surface area (Å²) in [4.78, 5) is 10.4. The average molecular weight is 532 g/mol. The minimum atomic E-state index is -0.411. The Morgan fingerprint density at radius 2 is 1.74 bits per heavy atom. The summed E-state index contributed by atoms with van der Waals surface area (Å²) in [6, 6.07) is 16.8. The second-order valence-electron chi connectivity index (χ2n) is 7.22. The number of non-ortho nitro benzene ring substituents is 1. The maximum atomic E-state index is 10.8. The van der Waals surface area contributed by atoms with Crippen LogP contribution in [0.4, 0.5) is 11.4 Å². The normalized spacial score (nSPS) is 10.6. The molecule has 3 rings (SSSR count). The number of nitrogens with zero attached hydrogens (tertiary/aromatic N) is 1. The third-order valence-corrected chi connectivity index (χ3v) is 5.58. The molecule has 162 valence electrons. The van der Waals surface area contributed by atoms with Gasteiger partial charge in [0.15, 0.2) is 11.5 Å². The largest absolute Gasteiger partial charge is 0.490 e. The minimum absolute atomic E-state index is 0.0639. The van der Waals surface area contributed by atoms with E-state index in [4.69, 9.17) is 9.47 Å². The van der Waals surface area contributed by atoms with E-state index in [1.165, 1.54) is 23.3 Å². The van der Waals surface area contributed by atoms with Crippen molar-refractivity contribution in [2.75, 3.05) is 11.9 Å². The van der Waals surface area contributed by atoms with Crippen molar-refractivity contribution in [3.05, 3.63) is 90.5 Å². The SMILES string of the molecule is CCOc1cc(CNc2cc(C)ccc2C)cc(I)c1OCc1ccc([N+](=O)[O-])cc1. The van der Waals surface area contributed by atoms with E-state index in [2.05, 4.69) is 66.0 Å². The van der Waals surface area contributed by atoms with Gasteiger partial charge >= 0.3 is 0 Å². The van der Waals surface area contributed by atoms with E-state index in [0.29, 0.717) is 31.3 Å². The van der Waals surface area contributed by atoms with Crippen LogP contribution >= 0.6 is 22.6 Å². The van der Waals surface area contributed by atoms with Crippen molar-refractivity contribution in [3.8, 4) is 11.5 Å². The molecule has 0 aliphatic carbocycles. The fourth-order valence-electron chi connectivity index (χ4n) is 3.12. The summed E-state index contributed by atoms with van der Waals surface area (Å²) in [5, 5.41) is 14.3. The summed E-state index contributed by atoms with van der Waals surface area (Å²) in [7, 11) is 0. The number of anilines is 1. The van der Waals surface area contributed by atoms with Gasteiger partial charge in [-0.3, -0.25) is 10.1 Å². The van der Waals surface area contributed by atoms with Crippen LogP contribution < -0.4 is 14.8 Å². The van der Waals surface area contributed by atoms with Crippen molar-refractivity contribution in [2.45, 2.75) is 33.9 Å². The van der Waals surface area contributed by atoms with E-state index >= 15 is 0 Å². The maximum Gasteiger partial charge on any atom is 0.269 e. The number of aryl methyl sites for hydroxylation is 2. The fraction of sp³-hybridized carbons (Fsp3) is 0.250. The molecule has 3 aromatic carbocycles. The third-order valence-electron chi connectivity index (χ3n) is 4.78. The summed E-state index contributed by atoms with van der Waals surface area (Å²) >= 11 is 2.25. The van der Waals surface area contributed by atoms with Gasteiger partial charge in [0.25, 0.3) is 5.69 Å². The Balaban J connectivity index is 1.74. The molecule has 0 unspecified atom stereocenters. The van der Waals surface area contributed by atoms with Gasteiger partial charge in [-0.2, -0.15) is 0 Å². The van der Waals surface area contributed by atoms with E-state index in [-0.39, 0.29) is 5.69 Å². The number of nitrogens with one attached hydrogen (secondary N) is 1. The molecule has 0 aromatic heterocycles. The molecule has 0 atom stereocenters. The number of rotatable bonds is 9. The van der Waals surface area contributed by atoms with Crippen LogP contribution in [0.2, 0.25) is 0 Å². The van der Waals surface area contributed by atoms with Crippen molar-refractivity contribution >= 4 is 34.0 Å². The highest BCUT2D eigenvalue weighted by Crippen LogP contribution is 2.35. The minimum Gasteiger partial charge on any atom is -0.490 e. The Kier molecular flexibility index (Phi) is 7.73. The van der Waals surface area contributed by atoms with E-state index < -0.39 is 4.92 Å². The smallest absolute Gasteiger partial charge is 0.269 e. The Morgan fingerprint density at radius 3 is 2.42 bits per heavy atom. The summed E-state index contributed by atoms with van der Waals surface area (Å²) in [6.07, 6.45) is 0. The molecule has 6 nitrogen and oxygen atoms in total. The molecule has 0 amide bonds. The molecule has 1 N–H and O–H groups in total. The first-order chi connectivity index (χ1) is 14.9. The summed E-state index contributed by atoms with van der Waals surface area (Å²) in [5.41, 5.74) is 5.54. The molecule has 0 spiro atoms. The second kappa shape index (κ2) is 10.5. The van der Waals surface area contributed by atoms with Crippen LogP contribution in [0.15, 0.2) is 54.6 Å². The Morgan fingerprint density at radius 1 is 1.00 bits per heavy atom. The van der Waals surface area contributed by atoms with Crippen LogP contribution in [-0.2, 0) is 13.2 Å². The van der Waals surface area contributed by atoms with Crippen LogP contribution in [-0.4, -0.2) is 11.5 Å². The number of benzene rings is 3. The lowest BCUT2D eigenvalue weighted by Gasteiger charge is -2.17. The zero-order valence-electron chi connectivity index (χ0n) is 17.8. The first-order valence-corrected chi connectivity index (χ1v) is 11.1. The van der Waals surface area contributed by atoms with Crippen LogP contribution in [0, 0.1) is 27.5 Å². The molecule has 0 heterocycles. The van der Waals surface area contributed by atoms with Gasteiger partial charge in [-0.1, -0.05) is 12.1 Å². The topological polar surface area (TPSA) is 73.6 Å². The maximum absolute atomic E-state index is 10.8. The summed E-state index contributed by atoms with van der Waals surface area (Å²) in [5.74, 6) is 1.37. The number of halogens is 1. The van der Waals surface area contributed by atoms with E-state index in [1.54, 1.807) is 12.1 Å².